The van der Waals surface area contributed by atoms with Crippen LogP contribution in [0.1, 0.15) is 37.8 Å². The smallest absolute Gasteiger partial charge is 0.315 e. The highest BCUT2D eigenvalue weighted by atomic mass is 16.5. The van der Waals surface area contributed by atoms with Crippen molar-refractivity contribution in [3.63, 3.8) is 0 Å². The van der Waals surface area contributed by atoms with Crippen LogP contribution in [-0.2, 0) is 4.74 Å². The van der Waals surface area contributed by atoms with Gasteiger partial charge in [-0.3, -0.25) is 0 Å². The van der Waals surface area contributed by atoms with Crippen LogP contribution < -0.4 is 10.6 Å². The van der Waals surface area contributed by atoms with Crippen LogP contribution in [0.5, 0.6) is 0 Å². The molecule has 20 heavy (non-hydrogen) atoms. The molecule has 1 saturated carbocycles. The number of carbonyl (C=O) groups is 1. The number of nitrogens with one attached hydrogen (secondary N) is 2. The van der Waals surface area contributed by atoms with Crippen LogP contribution in [0.25, 0.3) is 0 Å². The molecule has 1 unspecified atom stereocenters. The Morgan fingerprint density at radius 2 is 2.10 bits per heavy atom. The van der Waals surface area contributed by atoms with Gasteiger partial charge < -0.3 is 15.4 Å². The summed E-state index contributed by atoms with van der Waals surface area (Å²) < 4.78 is 5.52. The summed E-state index contributed by atoms with van der Waals surface area (Å²) in [5, 5.41) is 5.78. The Morgan fingerprint density at radius 1 is 1.35 bits per heavy atom. The van der Waals surface area contributed by atoms with Crippen LogP contribution in [0, 0.1) is 5.92 Å². The van der Waals surface area contributed by atoms with Crippen LogP contribution in [0.3, 0.4) is 0 Å². The molecule has 4 heteroatoms. The number of carbonyl (C=O) groups excluding carboxylic acids is 1. The van der Waals surface area contributed by atoms with Gasteiger partial charge in [-0.1, -0.05) is 30.3 Å². The van der Waals surface area contributed by atoms with Gasteiger partial charge in [-0.2, -0.15) is 0 Å². The lowest BCUT2D eigenvalue weighted by atomic mass is 10.1. The van der Waals surface area contributed by atoms with E-state index in [-0.39, 0.29) is 12.1 Å². The predicted molar refractivity (Wildman–Crippen MR) is 79.6 cm³/mol. The summed E-state index contributed by atoms with van der Waals surface area (Å²) >= 11 is 0. The van der Waals surface area contributed by atoms with E-state index < -0.39 is 0 Å². The maximum absolute atomic E-state index is 11.7. The topological polar surface area (TPSA) is 50.4 Å². The summed E-state index contributed by atoms with van der Waals surface area (Å²) in [4.78, 5) is 11.7. The molecule has 2 N–H and O–H groups in total. The molecule has 0 spiro atoms. The second kappa shape index (κ2) is 7.90. The number of hydrogen-bond acceptors (Lipinski definition) is 2. The van der Waals surface area contributed by atoms with E-state index in [1.54, 1.807) is 0 Å². The van der Waals surface area contributed by atoms with E-state index in [1.807, 2.05) is 37.3 Å². The first-order chi connectivity index (χ1) is 9.75. The van der Waals surface area contributed by atoms with Gasteiger partial charge in [0.1, 0.15) is 0 Å². The van der Waals surface area contributed by atoms with Gasteiger partial charge in [-0.25, -0.2) is 4.79 Å². The maximum atomic E-state index is 11.7. The van der Waals surface area contributed by atoms with Crippen molar-refractivity contribution in [1.29, 1.82) is 0 Å². The Balaban J connectivity index is 1.53. The van der Waals surface area contributed by atoms with E-state index in [9.17, 15) is 4.79 Å². The molecule has 2 amide bonds. The summed E-state index contributed by atoms with van der Waals surface area (Å²) in [5.74, 6) is 0.804. The lowest BCUT2D eigenvalue weighted by Crippen LogP contribution is -2.37. The van der Waals surface area contributed by atoms with Crippen LogP contribution in [0.15, 0.2) is 30.3 Å². The summed E-state index contributed by atoms with van der Waals surface area (Å²) in [6, 6.07) is 9.84. The van der Waals surface area contributed by atoms with Gasteiger partial charge in [0.2, 0.25) is 0 Å². The standard InChI is InChI=1S/C16H24N2O2/c1-13(15-6-3-2-4-7-15)18-16(19)17-10-5-11-20-12-14-8-9-14/h2-4,6-7,13-14H,5,8-12H2,1H3,(H2,17,18,19). The molecule has 1 atom stereocenters. The molecule has 0 saturated heterocycles. The van der Waals surface area contributed by atoms with Crippen LogP contribution in [0.4, 0.5) is 4.79 Å². The molecule has 0 aromatic heterocycles. The Kier molecular flexibility index (Phi) is 5.87. The highest BCUT2D eigenvalue weighted by molar-refractivity contribution is 5.74. The third-order valence-electron chi connectivity index (χ3n) is 3.45. The molecule has 0 bridgehead atoms. The van der Waals surface area contributed by atoms with Gasteiger partial charge >= 0.3 is 6.03 Å². The normalized spacial score (nSPS) is 15.7. The fraction of sp³-hybridized carbons (Fsp3) is 0.562. The molecule has 4 nitrogen and oxygen atoms in total. The van der Waals surface area contributed by atoms with Crippen molar-refractivity contribution in [3.05, 3.63) is 35.9 Å². The lowest BCUT2D eigenvalue weighted by Gasteiger charge is -2.15. The number of benzene rings is 1. The first kappa shape index (κ1) is 14.9. The highest BCUT2D eigenvalue weighted by Crippen LogP contribution is 2.28. The van der Waals surface area contributed by atoms with Crippen molar-refractivity contribution in [2.45, 2.75) is 32.2 Å². The minimum atomic E-state index is -0.122. The summed E-state index contributed by atoms with van der Waals surface area (Å²) in [6.07, 6.45) is 3.50. The fourth-order valence-corrected chi connectivity index (χ4v) is 1.98. The summed E-state index contributed by atoms with van der Waals surface area (Å²) in [7, 11) is 0. The molecule has 110 valence electrons. The van der Waals surface area contributed by atoms with Crippen molar-refractivity contribution in [1.82, 2.24) is 10.6 Å². The lowest BCUT2D eigenvalue weighted by molar-refractivity contribution is 0.122. The number of urea groups is 1. The Labute approximate surface area is 120 Å². The van der Waals surface area contributed by atoms with Crippen LogP contribution in [0.2, 0.25) is 0 Å². The van der Waals surface area contributed by atoms with Gasteiger partial charge in [0, 0.05) is 19.8 Å². The largest absolute Gasteiger partial charge is 0.381 e. The average molecular weight is 276 g/mol. The molecular formula is C16H24N2O2. The minimum Gasteiger partial charge on any atom is -0.381 e. The first-order valence-corrected chi connectivity index (χ1v) is 7.43. The third-order valence-corrected chi connectivity index (χ3v) is 3.45. The van der Waals surface area contributed by atoms with Gasteiger partial charge in [-0.15, -0.1) is 0 Å². The second-order valence-electron chi connectivity index (χ2n) is 5.40. The molecule has 1 aliphatic carbocycles. The molecule has 0 heterocycles. The van der Waals surface area contributed by atoms with E-state index in [0.29, 0.717) is 6.54 Å². The quantitative estimate of drug-likeness (QED) is 0.717. The average Bonchev–Trinajstić information content (AvgIpc) is 3.27. The summed E-state index contributed by atoms with van der Waals surface area (Å²) in [6.45, 7) is 4.24. The zero-order valence-electron chi connectivity index (χ0n) is 12.1. The third kappa shape index (κ3) is 5.61. The maximum Gasteiger partial charge on any atom is 0.315 e. The van der Waals surface area contributed by atoms with E-state index >= 15 is 0 Å². The molecule has 0 aliphatic heterocycles. The Bertz CT molecular complexity index is 404. The molecule has 1 aromatic rings. The number of ether oxygens (including phenoxy) is 1. The van der Waals surface area contributed by atoms with E-state index in [1.165, 1.54) is 12.8 Å². The number of hydrogen-bond donors (Lipinski definition) is 2. The van der Waals surface area contributed by atoms with Gasteiger partial charge in [0.25, 0.3) is 0 Å². The molecule has 1 aromatic carbocycles. The zero-order chi connectivity index (χ0) is 14.2. The van der Waals surface area contributed by atoms with Gasteiger partial charge in [0.05, 0.1) is 6.04 Å². The molecule has 2 rings (SSSR count). The van der Waals surface area contributed by atoms with Crippen molar-refractivity contribution in [2.75, 3.05) is 19.8 Å². The van der Waals surface area contributed by atoms with Crippen molar-refractivity contribution in [2.24, 2.45) is 5.92 Å². The van der Waals surface area contributed by atoms with Gasteiger partial charge in [-0.05, 0) is 37.7 Å². The van der Waals surface area contributed by atoms with E-state index in [2.05, 4.69) is 10.6 Å². The summed E-state index contributed by atoms with van der Waals surface area (Å²) in [5.41, 5.74) is 1.11. The second-order valence-corrected chi connectivity index (χ2v) is 5.40. The van der Waals surface area contributed by atoms with Crippen molar-refractivity contribution < 1.29 is 9.53 Å². The van der Waals surface area contributed by atoms with Crippen molar-refractivity contribution >= 4 is 6.03 Å². The monoisotopic (exact) mass is 276 g/mol. The molecule has 1 fully saturated rings. The van der Waals surface area contributed by atoms with Crippen LogP contribution in [-0.4, -0.2) is 25.8 Å². The number of rotatable bonds is 8. The molecular weight excluding hydrogens is 252 g/mol. The zero-order valence-corrected chi connectivity index (χ0v) is 12.1. The van der Waals surface area contributed by atoms with Crippen molar-refractivity contribution in [3.8, 4) is 0 Å². The first-order valence-electron chi connectivity index (χ1n) is 7.43. The van der Waals surface area contributed by atoms with E-state index in [4.69, 9.17) is 4.74 Å². The molecule has 0 radical (unpaired) electrons. The van der Waals surface area contributed by atoms with E-state index in [0.717, 1.165) is 31.1 Å². The SMILES string of the molecule is CC(NC(=O)NCCCOCC1CC1)c1ccccc1. The minimum absolute atomic E-state index is 0.0160. The van der Waals surface area contributed by atoms with Gasteiger partial charge in [0.15, 0.2) is 0 Å². The fourth-order valence-electron chi connectivity index (χ4n) is 1.98. The predicted octanol–water partition coefficient (Wildman–Crippen LogP) is 2.86. The number of amides is 2. The Hall–Kier alpha value is -1.55. The molecule has 1 aliphatic rings. The highest BCUT2D eigenvalue weighted by Gasteiger charge is 2.20. The Morgan fingerprint density at radius 3 is 2.80 bits per heavy atom. The van der Waals surface area contributed by atoms with Crippen LogP contribution >= 0.6 is 0 Å².